The van der Waals surface area contributed by atoms with Gasteiger partial charge in [-0.3, -0.25) is 4.79 Å². The quantitative estimate of drug-likeness (QED) is 0.519. The van der Waals surface area contributed by atoms with E-state index in [1.807, 2.05) is 61.5 Å². The molecule has 0 aliphatic carbocycles. The number of aryl methyl sites for hydroxylation is 1. The fourth-order valence-corrected chi connectivity index (χ4v) is 2.47. The van der Waals surface area contributed by atoms with Gasteiger partial charge in [0, 0.05) is 17.8 Å². The van der Waals surface area contributed by atoms with E-state index in [2.05, 4.69) is 4.74 Å². The van der Waals surface area contributed by atoms with Crippen LogP contribution >= 0.6 is 0 Å². The van der Waals surface area contributed by atoms with E-state index in [0.29, 0.717) is 12.2 Å². The maximum atomic E-state index is 12.7. The summed E-state index contributed by atoms with van der Waals surface area (Å²) in [6, 6.07) is 17.1. The summed E-state index contributed by atoms with van der Waals surface area (Å²) < 4.78 is 9.66. The summed E-state index contributed by atoms with van der Waals surface area (Å²) >= 11 is 0. The molecule has 0 bridgehead atoms. The Bertz CT molecular complexity index is 845. The van der Waals surface area contributed by atoms with Crippen molar-refractivity contribution in [3.8, 4) is 0 Å². The molecule has 0 atom stereocenters. The number of carbonyl (C=O) groups excluding carboxylic acids is 3. The summed E-state index contributed by atoms with van der Waals surface area (Å²) in [5, 5.41) is 0. The second-order valence-corrected chi connectivity index (χ2v) is 6.00. The van der Waals surface area contributed by atoms with E-state index in [-0.39, 0.29) is 12.5 Å². The molecule has 0 aliphatic rings. The Labute approximate surface area is 164 Å². The molecule has 0 aliphatic heterocycles. The van der Waals surface area contributed by atoms with Gasteiger partial charge in [0.2, 0.25) is 0 Å². The first-order chi connectivity index (χ1) is 13.5. The Morgan fingerprint density at radius 2 is 1.61 bits per heavy atom. The number of rotatable bonds is 8. The molecule has 0 heterocycles. The predicted octanol–water partition coefficient (Wildman–Crippen LogP) is 3.19. The lowest BCUT2D eigenvalue weighted by molar-refractivity contribution is -0.143. The van der Waals surface area contributed by atoms with E-state index in [4.69, 9.17) is 4.74 Å². The maximum Gasteiger partial charge on any atom is 0.331 e. The average molecular weight is 381 g/mol. The van der Waals surface area contributed by atoms with Gasteiger partial charge >= 0.3 is 11.9 Å². The van der Waals surface area contributed by atoms with Crippen molar-refractivity contribution in [1.29, 1.82) is 0 Å². The van der Waals surface area contributed by atoms with Crippen LogP contribution in [0.15, 0.2) is 66.7 Å². The van der Waals surface area contributed by atoms with Crippen LogP contribution in [-0.4, -0.2) is 31.1 Å². The Morgan fingerprint density at radius 3 is 2.25 bits per heavy atom. The van der Waals surface area contributed by atoms with E-state index in [9.17, 15) is 14.4 Å². The number of amides is 1. The molecule has 2 rings (SSSR count). The topological polar surface area (TPSA) is 72.9 Å². The van der Waals surface area contributed by atoms with E-state index in [0.717, 1.165) is 23.3 Å². The van der Waals surface area contributed by atoms with Crippen molar-refractivity contribution in [2.24, 2.45) is 0 Å². The molecule has 146 valence electrons. The zero-order valence-electron chi connectivity index (χ0n) is 16.0. The number of hydrogen-bond acceptors (Lipinski definition) is 5. The lowest BCUT2D eigenvalue weighted by Crippen LogP contribution is -2.34. The van der Waals surface area contributed by atoms with Crippen molar-refractivity contribution in [1.82, 2.24) is 0 Å². The van der Waals surface area contributed by atoms with E-state index in [1.165, 1.54) is 0 Å². The molecule has 0 saturated carbocycles. The van der Waals surface area contributed by atoms with Crippen LogP contribution in [0.1, 0.15) is 18.1 Å². The number of nitrogens with zero attached hydrogens (tertiary/aromatic N) is 1. The molecule has 0 saturated heterocycles. The second kappa shape index (κ2) is 10.7. The molecule has 6 heteroatoms. The first kappa shape index (κ1) is 20.9. The van der Waals surface area contributed by atoms with Gasteiger partial charge in [-0.25, -0.2) is 9.59 Å². The van der Waals surface area contributed by atoms with Crippen molar-refractivity contribution in [3.05, 3.63) is 77.9 Å². The van der Waals surface area contributed by atoms with Crippen molar-refractivity contribution < 1.29 is 23.9 Å². The third-order valence-electron chi connectivity index (χ3n) is 3.78. The zero-order valence-corrected chi connectivity index (χ0v) is 16.0. The molecule has 0 radical (unpaired) electrons. The summed E-state index contributed by atoms with van der Waals surface area (Å²) in [5.74, 6) is -1.80. The Kier molecular flexibility index (Phi) is 7.96. The number of carbonyl (C=O) groups is 3. The Morgan fingerprint density at radius 1 is 0.929 bits per heavy atom. The van der Waals surface area contributed by atoms with Crippen molar-refractivity contribution in [2.75, 3.05) is 18.1 Å². The Hall–Kier alpha value is -3.41. The van der Waals surface area contributed by atoms with Gasteiger partial charge in [0.05, 0.1) is 13.2 Å². The fraction of sp³-hybridized carbons (Fsp3) is 0.227. The summed E-state index contributed by atoms with van der Waals surface area (Å²) in [6.45, 7) is 3.72. The summed E-state index contributed by atoms with van der Waals surface area (Å²) in [6.07, 6.45) is 1.91. The standard InChI is InChI=1S/C22H23NO5/c1-3-27-21(25)12-13-22(26)28-16-20(24)23(15-18-9-5-4-6-10-18)19-11-7-8-17(2)14-19/h4-14H,3,15-16H2,1-2H3/b13-12+. The van der Waals surface area contributed by atoms with Crippen LogP contribution in [0.5, 0.6) is 0 Å². The number of esters is 2. The highest BCUT2D eigenvalue weighted by Crippen LogP contribution is 2.19. The average Bonchev–Trinajstić information content (AvgIpc) is 2.69. The molecule has 0 aromatic heterocycles. The maximum absolute atomic E-state index is 12.7. The third kappa shape index (κ3) is 6.72. The third-order valence-corrected chi connectivity index (χ3v) is 3.78. The fourth-order valence-electron chi connectivity index (χ4n) is 2.47. The zero-order chi connectivity index (χ0) is 20.4. The van der Waals surface area contributed by atoms with E-state index >= 15 is 0 Å². The first-order valence-electron chi connectivity index (χ1n) is 8.92. The largest absolute Gasteiger partial charge is 0.463 e. The van der Waals surface area contributed by atoms with Crippen LogP contribution in [0.3, 0.4) is 0 Å². The smallest absolute Gasteiger partial charge is 0.331 e. The number of benzene rings is 2. The molecule has 6 nitrogen and oxygen atoms in total. The van der Waals surface area contributed by atoms with Crippen molar-refractivity contribution >= 4 is 23.5 Å². The number of hydrogen-bond donors (Lipinski definition) is 0. The highest BCUT2D eigenvalue weighted by molar-refractivity contribution is 5.97. The van der Waals surface area contributed by atoms with Gasteiger partial charge in [-0.05, 0) is 37.1 Å². The SMILES string of the molecule is CCOC(=O)/C=C/C(=O)OCC(=O)N(Cc1ccccc1)c1cccc(C)c1. The summed E-state index contributed by atoms with van der Waals surface area (Å²) in [5.41, 5.74) is 2.68. The molecule has 2 aromatic carbocycles. The molecule has 0 unspecified atom stereocenters. The second-order valence-electron chi connectivity index (χ2n) is 6.00. The molecule has 0 spiro atoms. The Balaban J connectivity index is 2.07. The van der Waals surface area contributed by atoms with E-state index in [1.54, 1.807) is 11.8 Å². The molecule has 1 amide bonds. The van der Waals surface area contributed by atoms with Crippen LogP contribution in [-0.2, 0) is 30.4 Å². The lowest BCUT2D eigenvalue weighted by atomic mass is 10.1. The minimum Gasteiger partial charge on any atom is -0.463 e. The molecule has 0 N–H and O–H groups in total. The number of ether oxygens (including phenoxy) is 2. The van der Waals surface area contributed by atoms with Gasteiger partial charge in [0.1, 0.15) is 0 Å². The van der Waals surface area contributed by atoms with Gasteiger partial charge < -0.3 is 14.4 Å². The molecular formula is C22H23NO5. The highest BCUT2D eigenvalue weighted by Gasteiger charge is 2.18. The van der Waals surface area contributed by atoms with Gasteiger partial charge in [-0.1, -0.05) is 42.5 Å². The minimum absolute atomic E-state index is 0.210. The summed E-state index contributed by atoms with van der Waals surface area (Å²) in [4.78, 5) is 37.3. The van der Waals surface area contributed by atoms with Gasteiger partial charge in [-0.2, -0.15) is 0 Å². The van der Waals surface area contributed by atoms with Gasteiger partial charge in [0.25, 0.3) is 5.91 Å². The number of anilines is 1. The lowest BCUT2D eigenvalue weighted by Gasteiger charge is -2.23. The minimum atomic E-state index is -0.787. The van der Waals surface area contributed by atoms with Gasteiger partial charge in [0.15, 0.2) is 6.61 Å². The van der Waals surface area contributed by atoms with Crippen LogP contribution < -0.4 is 4.90 Å². The molecule has 0 fully saturated rings. The van der Waals surface area contributed by atoms with Crippen molar-refractivity contribution in [3.63, 3.8) is 0 Å². The van der Waals surface area contributed by atoms with E-state index < -0.39 is 18.5 Å². The van der Waals surface area contributed by atoms with Crippen LogP contribution in [0.2, 0.25) is 0 Å². The van der Waals surface area contributed by atoms with Crippen molar-refractivity contribution in [2.45, 2.75) is 20.4 Å². The van der Waals surface area contributed by atoms with Crippen LogP contribution in [0.25, 0.3) is 0 Å². The van der Waals surface area contributed by atoms with Gasteiger partial charge in [-0.15, -0.1) is 0 Å². The first-order valence-corrected chi connectivity index (χ1v) is 8.92. The molecule has 28 heavy (non-hydrogen) atoms. The molecular weight excluding hydrogens is 358 g/mol. The van der Waals surface area contributed by atoms with Crippen LogP contribution in [0.4, 0.5) is 5.69 Å². The normalized spacial score (nSPS) is 10.5. The highest BCUT2D eigenvalue weighted by atomic mass is 16.5. The van der Waals surface area contributed by atoms with Crippen LogP contribution in [0, 0.1) is 6.92 Å². The molecule has 2 aromatic rings. The predicted molar refractivity (Wildman–Crippen MR) is 106 cm³/mol. The summed E-state index contributed by atoms with van der Waals surface area (Å²) in [7, 11) is 0. The monoisotopic (exact) mass is 381 g/mol.